The van der Waals surface area contributed by atoms with E-state index in [1.165, 1.54) is 0 Å². The molecule has 3 heterocycles. The highest BCUT2D eigenvalue weighted by Crippen LogP contribution is 2.22. The molecule has 0 bridgehead atoms. The Balaban J connectivity index is 0.000000151. The maximum absolute atomic E-state index is 6.12. The number of fused-ring (bicyclic) bond motifs is 4. The summed E-state index contributed by atoms with van der Waals surface area (Å²) in [4.78, 5) is 12.6. The molecule has 8 nitrogen and oxygen atoms in total. The topological polar surface area (TPSA) is 107 Å². The Kier molecular flexibility index (Phi) is 5.89. The zero-order chi connectivity index (χ0) is 21.1. The standard InChI is InChI=1S/C12H11ClN4.C8H7ClN4/c1-2-5-10-15-16-12-11(13)14-8-6-3-4-7-9(8)17(10)12;9-7-8(13-10)12-6-4-2-1-3-5(6)11-7/h3-4,6-7H,2,5H2,1H3;1-4H,10H2,(H,12,13). The van der Waals surface area contributed by atoms with E-state index in [-0.39, 0.29) is 5.15 Å². The van der Waals surface area contributed by atoms with Crippen molar-refractivity contribution in [3.63, 3.8) is 0 Å². The minimum atomic E-state index is 0.279. The fourth-order valence-electron chi connectivity index (χ4n) is 3.06. The first-order valence-electron chi connectivity index (χ1n) is 9.29. The molecule has 5 aromatic rings. The van der Waals surface area contributed by atoms with E-state index in [0.717, 1.165) is 40.7 Å². The van der Waals surface area contributed by atoms with E-state index in [0.29, 0.717) is 16.6 Å². The fourth-order valence-corrected chi connectivity index (χ4v) is 3.46. The minimum absolute atomic E-state index is 0.279. The SMILES string of the molecule is CCCc1nnc2c(Cl)nc3ccccc3n12.NNc1nc2ccccc2nc1Cl. The number of nitrogens with zero attached hydrogens (tertiary/aromatic N) is 6. The number of hydrogen-bond donors (Lipinski definition) is 2. The van der Waals surface area contributed by atoms with Crippen molar-refractivity contribution < 1.29 is 0 Å². The van der Waals surface area contributed by atoms with Gasteiger partial charge >= 0.3 is 0 Å². The van der Waals surface area contributed by atoms with Crippen LogP contribution in [0.3, 0.4) is 0 Å². The van der Waals surface area contributed by atoms with Gasteiger partial charge < -0.3 is 5.43 Å². The molecule has 152 valence electrons. The third-order valence-electron chi connectivity index (χ3n) is 4.39. The predicted molar refractivity (Wildman–Crippen MR) is 120 cm³/mol. The summed E-state index contributed by atoms with van der Waals surface area (Å²) in [6, 6.07) is 15.3. The van der Waals surface area contributed by atoms with Gasteiger partial charge in [-0.05, 0) is 30.7 Å². The summed E-state index contributed by atoms with van der Waals surface area (Å²) in [7, 11) is 0. The number of para-hydroxylation sites is 4. The molecule has 0 unspecified atom stereocenters. The van der Waals surface area contributed by atoms with E-state index in [1.54, 1.807) is 0 Å². The number of nitrogens with one attached hydrogen (secondary N) is 1. The number of anilines is 1. The van der Waals surface area contributed by atoms with E-state index in [2.05, 4.69) is 37.5 Å². The van der Waals surface area contributed by atoms with E-state index in [4.69, 9.17) is 29.0 Å². The highest BCUT2D eigenvalue weighted by atomic mass is 35.5. The molecule has 0 spiro atoms. The van der Waals surface area contributed by atoms with Crippen molar-refractivity contribution in [1.29, 1.82) is 0 Å². The lowest BCUT2D eigenvalue weighted by atomic mass is 10.3. The molecule has 0 saturated heterocycles. The number of nitrogen functional groups attached to an aromatic ring is 1. The smallest absolute Gasteiger partial charge is 0.199 e. The number of hydrazine groups is 1. The predicted octanol–water partition coefficient (Wildman–Crippen LogP) is 4.45. The molecule has 0 aliphatic rings. The summed E-state index contributed by atoms with van der Waals surface area (Å²) >= 11 is 11.9. The second kappa shape index (κ2) is 8.74. The van der Waals surface area contributed by atoms with Crippen molar-refractivity contribution in [2.45, 2.75) is 19.8 Å². The van der Waals surface area contributed by atoms with Crippen LogP contribution >= 0.6 is 23.2 Å². The van der Waals surface area contributed by atoms with Crippen LogP contribution in [0.4, 0.5) is 5.82 Å². The molecule has 2 aromatic carbocycles. The quantitative estimate of drug-likeness (QED) is 0.315. The van der Waals surface area contributed by atoms with Crippen LogP contribution in [0, 0.1) is 0 Å². The van der Waals surface area contributed by atoms with Crippen LogP contribution < -0.4 is 11.3 Å². The molecule has 5 rings (SSSR count). The van der Waals surface area contributed by atoms with Gasteiger partial charge in [0.05, 0.1) is 22.1 Å². The van der Waals surface area contributed by atoms with Crippen LogP contribution in [-0.2, 0) is 6.42 Å². The summed E-state index contributed by atoms with van der Waals surface area (Å²) < 4.78 is 1.99. The van der Waals surface area contributed by atoms with Gasteiger partial charge in [0.15, 0.2) is 21.8 Å². The molecule has 10 heteroatoms. The third-order valence-corrected chi connectivity index (χ3v) is 4.91. The van der Waals surface area contributed by atoms with Crippen LogP contribution in [0.15, 0.2) is 48.5 Å². The molecule has 0 saturated carbocycles. The lowest BCUT2D eigenvalue weighted by Crippen LogP contribution is -2.09. The van der Waals surface area contributed by atoms with Gasteiger partial charge in [0.1, 0.15) is 5.82 Å². The summed E-state index contributed by atoms with van der Waals surface area (Å²) in [6.07, 6.45) is 1.90. The van der Waals surface area contributed by atoms with Crippen molar-refractivity contribution in [1.82, 2.24) is 29.5 Å². The lowest BCUT2D eigenvalue weighted by molar-refractivity contribution is 0.825. The minimum Gasteiger partial charge on any atom is -0.306 e. The second-order valence-corrected chi connectivity index (χ2v) is 7.13. The maximum Gasteiger partial charge on any atom is 0.199 e. The Morgan fingerprint density at radius 2 is 1.50 bits per heavy atom. The van der Waals surface area contributed by atoms with Crippen LogP contribution in [0.2, 0.25) is 10.3 Å². The van der Waals surface area contributed by atoms with Crippen molar-refractivity contribution in [2.75, 3.05) is 5.43 Å². The Morgan fingerprint density at radius 1 is 0.867 bits per heavy atom. The second-order valence-electron chi connectivity index (χ2n) is 6.41. The van der Waals surface area contributed by atoms with Crippen LogP contribution in [-0.4, -0.2) is 29.5 Å². The summed E-state index contributed by atoms with van der Waals surface area (Å²) in [6.45, 7) is 2.12. The molecule has 0 atom stereocenters. The largest absolute Gasteiger partial charge is 0.306 e. The van der Waals surface area contributed by atoms with E-state index >= 15 is 0 Å². The van der Waals surface area contributed by atoms with Crippen molar-refractivity contribution in [3.8, 4) is 0 Å². The molecule has 0 aliphatic carbocycles. The average molecular weight is 441 g/mol. The van der Waals surface area contributed by atoms with Gasteiger partial charge in [0.2, 0.25) is 0 Å². The molecular weight excluding hydrogens is 423 g/mol. The number of rotatable bonds is 3. The fraction of sp³-hybridized carbons (Fsp3) is 0.150. The van der Waals surface area contributed by atoms with Crippen molar-refractivity contribution >= 4 is 56.7 Å². The third kappa shape index (κ3) is 3.85. The molecule has 30 heavy (non-hydrogen) atoms. The normalized spacial score (nSPS) is 10.9. The van der Waals surface area contributed by atoms with Gasteiger partial charge in [-0.25, -0.2) is 20.8 Å². The van der Waals surface area contributed by atoms with Crippen LogP contribution in [0.25, 0.3) is 27.7 Å². The van der Waals surface area contributed by atoms with Gasteiger partial charge in [-0.15, -0.1) is 10.2 Å². The van der Waals surface area contributed by atoms with Gasteiger partial charge in [-0.1, -0.05) is 54.4 Å². The lowest BCUT2D eigenvalue weighted by Gasteiger charge is -2.04. The van der Waals surface area contributed by atoms with E-state index in [9.17, 15) is 0 Å². The highest BCUT2D eigenvalue weighted by molar-refractivity contribution is 6.32. The first-order valence-corrected chi connectivity index (χ1v) is 10.0. The number of halogens is 2. The molecule has 3 N–H and O–H groups in total. The summed E-state index contributed by atoms with van der Waals surface area (Å²) in [5.74, 6) is 6.53. The number of nitrogens with two attached hydrogens (primary N) is 1. The van der Waals surface area contributed by atoms with E-state index < -0.39 is 0 Å². The average Bonchev–Trinajstić information content (AvgIpc) is 3.19. The number of benzene rings is 2. The van der Waals surface area contributed by atoms with Gasteiger partial charge in [0, 0.05) is 6.42 Å². The van der Waals surface area contributed by atoms with Gasteiger partial charge in [0.25, 0.3) is 0 Å². The zero-order valence-corrected chi connectivity index (χ0v) is 17.6. The van der Waals surface area contributed by atoms with Gasteiger partial charge in [-0.2, -0.15) is 0 Å². The Labute approximate surface area is 182 Å². The zero-order valence-electron chi connectivity index (χ0n) is 16.0. The Bertz CT molecular complexity index is 1330. The molecule has 0 aliphatic heterocycles. The number of aryl methyl sites for hydroxylation is 1. The molecule has 0 fully saturated rings. The maximum atomic E-state index is 6.12. The Morgan fingerprint density at radius 3 is 2.20 bits per heavy atom. The summed E-state index contributed by atoms with van der Waals surface area (Å²) in [5, 5.41) is 8.97. The highest BCUT2D eigenvalue weighted by Gasteiger charge is 2.12. The monoisotopic (exact) mass is 440 g/mol. The van der Waals surface area contributed by atoms with Crippen molar-refractivity contribution in [2.24, 2.45) is 5.84 Å². The summed E-state index contributed by atoms with van der Waals surface area (Å²) in [5.41, 5.74) is 6.40. The first kappa shape index (κ1) is 20.2. The van der Waals surface area contributed by atoms with Crippen LogP contribution in [0.1, 0.15) is 19.2 Å². The molecule has 0 radical (unpaired) electrons. The first-order chi connectivity index (χ1) is 14.6. The molecule has 3 aromatic heterocycles. The molecule has 0 amide bonds. The molecular formula is C20H18Cl2N8. The number of hydrogen-bond acceptors (Lipinski definition) is 7. The van der Waals surface area contributed by atoms with Crippen molar-refractivity contribution in [3.05, 3.63) is 64.7 Å². The number of aromatic nitrogens is 6. The Hall–Kier alpha value is -3.07. The van der Waals surface area contributed by atoms with Crippen LogP contribution in [0.5, 0.6) is 0 Å². The van der Waals surface area contributed by atoms with E-state index in [1.807, 2.05) is 52.9 Å². The van der Waals surface area contributed by atoms with Gasteiger partial charge in [-0.3, -0.25) is 4.40 Å².